The Morgan fingerprint density at radius 2 is 1.84 bits per heavy atom. The number of nitrogens with zero attached hydrogens (tertiary/aromatic N) is 1. The standard InChI is InChI=1S/C23H24N2O7/c1-15(23(28)24-16-4-9-19-20(13-16)30-12-11-29-19)32-22(27)14-31-18-7-5-17(6-8-18)25-10-2-3-21(25)26/h4-9,13,15H,2-3,10-12,14H2,1H3,(H,24,28). The third-order valence-electron chi connectivity index (χ3n) is 5.07. The minimum absolute atomic E-state index is 0.103. The molecule has 2 aromatic carbocycles. The molecule has 9 nitrogen and oxygen atoms in total. The van der Waals surface area contributed by atoms with E-state index in [0.717, 1.165) is 12.1 Å². The van der Waals surface area contributed by atoms with E-state index in [-0.39, 0.29) is 12.5 Å². The number of nitrogens with one attached hydrogen (secondary N) is 1. The van der Waals surface area contributed by atoms with E-state index in [4.69, 9.17) is 18.9 Å². The molecule has 4 rings (SSSR count). The van der Waals surface area contributed by atoms with Crippen molar-refractivity contribution in [2.24, 2.45) is 0 Å². The maximum absolute atomic E-state index is 12.3. The van der Waals surface area contributed by atoms with Crippen molar-refractivity contribution in [3.8, 4) is 17.2 Å². The second-order valence-corrected chi connectivity index (χ2v) is 7.41. The number of ether oxygens (including phenoxy) is 4. The number of benzene rings is 2. The third-order valence-corrected chi connectivity index (χ3v) is 5.07. The SMILES string of the molecule is CC(OC(=O)COc1ccc(N2CCCC2=O)cc1)C(=O)Nc1ccc2c(c1)OCCO2. The fraction of sp³-hybridized carbons (Fsp3) is 0.348. The number of rotatable bonds is 7. The van der Waals surface area contributed by atoms with E-state index >= 15 is 0 Å². The van der Waals surface area contributed by atoms with Gasteiger partial charge in [0.1, 0.15) is 19.0 Å². The van der Waals surface area contributed by atoms with E-state index in [1.54, 1.807) is 47.4 Å². The first-order valence-electron chi connectivity index (χ1n) is 10.4. The van der Waals surface area contributed by atoms with Crippen molar-refractivity contribution in [2.45, 2.75) is 25.9 Å². The van der Waals surface area contributed by atoms with Crippen LogP contribution in [-0.2, 0) is 19.1 Å². The molecule has 1 unspecified atom stereocenters. The van der Waals surface area contributed by atoms with Gasteiger partial charge in [0, 0.05) is 30.4 Å². The highest BCUT2D eigenvalue weighted by Crippen LogP contribution is 2.32. The van der Waals surface area contributed by atoms with Gasteiger partial charge < -0.3 is 29.2 Å². The summed E-state index contributed by atoms with van der Waals surface area (Å²) in [5, 5.41) is 2.68. The first-order chi connectivity index (χ1) is 15.5. The summed E-state index contributed by atoms with van der Waals surface area (Å²) in [7, 11) is 0. The Hall–Kier alpha value is -3.75. The van der Waals surface area contributed by atoms with E-state index in [2.05, 4.69) is 5.32 Å². The zero-order valence-corrected chi connectivity index (χ0v) is 17.7. The highest BCUT2D eigenvalue weighted by atomic mass is 16.6. The summed E-state index contributed by atoms with van der Waals surface area (Å²) >= 11 is 0. The summed E-state index contributed by atoms with van der Waals surface area (Å²) in [5.41, 5.74) is 1.31. The normalized spacial score (nSPS) is 15.8. The molecule has 2 aromatic rings. The van der Waals surface area contributed by atoms with Crippen LogP contribution in [0.4, 0.5) is 11.4 Å². The number of anilines is 2. The van der Waals surface area contributed by atoms with Crippen LogP contribution in [0.3, 0.4) is 0 Å². The molecule has 1 fully saturated rings. The number of fused-ring (bicyclic) bond motifs is 1. The van der Waals surface area contributed by atoms with Crippen molar-refractivity contribution >= 4 is 29.2 Å². The van der Waals surface area contributed by atoms with Crippen LogP contribution in [0.5, 0.6) is 17.2 Å². The van der Waals surface area contributed by atoms with E-state index in [0.29, 0.717) is 49.1 Å². The lowest BCUT2D eigenvalue weighted by atomic mass is 10.2. The number of hydrogen-bond donors (Lipinski definition) is 1. The van der Waals surface area contributed by atoms with Crippen molar-refractivity contribution in [1.29, 1.82) is 0 Å². The number of amides is 2. The van der Waals surface area contributed by atoms with Gasteiger partial charge in [0.2, 0.25) is 5.91 Å². The maximum atomic E-state index is 12.3. The van der Waals surface area contributed by atoms with Gasteiger partial charge in [0.05, 0.1) is 0 Å². The zero-order chi connectivity index (χ0) is 22.5. The molecule has 32 heavy (non-hydrogen) atoms. The van der Waals surface area contributed by atoms with Gasteiger partial charge in [-0.15, -0.1) is 0 Å². The first kappa shape index (κ1) is 21.5. The van der Waals surface area contributed by atoms with Gasteiger partial charge in [-0.3, -0.25) is 9.59 Å². The third kappa shape index (κ3) is 5.11. The highest BCUT2D eigenvalue weighted by molar-refractivity contribution is 5.96. The molecule has 9 heteroatoms. The smallest absolute Gasteiger partial charge is 0.344 e. The summed E-state index contributed by atoms with van der Waals surface area (Å²) in [5.74, 6) is 0.581. The van der Waals surface area contributed by atoms with Gasteiger partial charge in [0.25, 0.3) is 5.91 Å². The van der Waals surface area contributed by atoms with Gasteiger partial charge in [0.15, 0.2) is 24.2 Å². The van der Waals surface area contributed by atoms with E-state index in [9.17, 15) is 14.4 Å². The van der Waals surface area contributed by atoms with Crippen LogP contribution < -0.4 is 24.4 Å². The van der Waals surface area contributed by atoms with Crippen molar-refractivity contribution in [1.82, 2.24) is 0 Å². The Bertz CT molecular complexity index is 1010. The predicted octanol–water partition coefficient (Wildman–Crippen LogP) is 2.53. The zero-order valence-electron chi connectivity index (χ0n) is 17.7. The lowest BCUT2D eigenvalue weighted by Gasteiger charge is -2.19. The number of hydrogen-bond acceptors (Lipinski definition) is 7. The summed E-state index contributed by atoms with van der Waals surface area (Å²) in [6, 6.07) is 12.0. The molecule has 0 bridgehead atoms. The molecule has 0 saturated carbocycles. The monoisotopic (exact) mass is 440 g/mol. The van der Waals surface area contributed by atoms with Crippen molar-refractivity contribution in [3.63, 3.8) is 0 Å². The molecule has 0 radical (unpaired) electrons. The van der Waals surface area contributed by atoms with Crippen LogP contribution in [0, 0.1) is 0 Å². The van der Waals surface area contributed by atoms with E-state index < -0.39 is 18.0 Å². The minimum Gasteiger partial charge on any atom is -0.486 e. The van der Waals surface area contributed by atoms with Crippen LogP contribution in [0.15, 0.2) is 42.5 Å². The van der Waals surface area contributed by atoms with Gasteiger partial charge in [-0.2, -0.15) is 0 Å². The topological polar surface area (TPSA) is 103 Å². The minimum atomic E-state index is -1.01. The first-order valence-corrected chi connectivity index (χ1v) is 10.4. The van der Waals surface area contributed by atoms with Crippen LogP contribution >= 0.6 is 0 Å². The molecule has 2 amide bonds. The molecule has 0 aliphatic carbocycles. The lowest BCUT2D eigenvalue weighted by Crippen LogP contribution is -2.31. The predicted molar refractivity (Wildman–Crippen MR) is 115 cm³/mol. The maximum Gasteiger partial charge on any atom is 0.344 e. The Balaban J connectivity index is 1.23. The largest absolute Gasteiger partial charge is 0.486 e. The van der Waals surface area contributed by atoms with E-state index in [1.807, 2.05) is 0 Å². The summed E-state index contributed by atoms with van der Waals surface area (Å²) in [6.45, 7) is 2.77. The molecule has 2 aliphatic heterocycles. The molecule has 0 aromatic heterocycles. The highest BCUT2D eigenvalue weighted by Gasteiger charge is 2.22. The number of carbonyl (C=O) groups is 3. The Morgan fingerprint density at radius 1 is 1.09 bits per heavy atom. The van der Waals surface area contributed by atoms with Gasteiger partial charge >= 0.3 is 5.97 Å². The molecule has 1 atom stereocenters. The van der Waals surface area contributed by atoms with Crippen LogP contribution in [0.2, 0.25) is 0 Å². The van der Waals surface area contributed by atoms with Gasteiger partial charge in [-0.1, -0.05) is 0 Å². The van der Waals surface area contributed by atoms with Crippen molar-refractivity contribution in [2.75, 3.05) is 36.6 Å². The molecule has 1 N–H and O–H groups in total. The summed E-state index contributed by atoms with van der Waals surface area (Å²) < 4.78 is 21.5. The second kappa shape index (κ2) is 9.59. The molecule has 168 valence electrons. The molecule has 0 spiro atoms. The second-order valence-electron chi connectivity index (χ2n) is 7.41. The lowest BCUT2D eigenvalue weighted by molar-refractivity contribution is -0.155. The molecule has 1 saturated heterocycles. The fourth-order valence-electron chi connectivity index (χ4n) is 3.44. The number of esters is 1. The van der Waals surface area contributed by atoms with Crippen molar-refractivity contribution in [3.05, 3.63) is 42.5 Å². The molecular formula is C23H24N2O7. The fourth-order valence-corrected chi connectivity index (χ4v) is 3.44. The Morgan fingerprint density at radius 3 is 2.56 bits per heavy atom. The summed E-state index contributed by atoms with van der Waals surface area (Å²) in [4.78, 5) is 37.9. The molecule has 2 aliphatic rings. The quantitative estimate of drug-likeness (QED) is 0.660. The van der Waals surface area contributed by atoms with Crippen LogP contribution in [-0.4, -0.2) is 50.3 Å². The van der Waals surface area contributed by atoms with Gasteiger partial charge in [-0.25, -0.2) is 4.79 Å². The molecular weight excluding hydrogens is 416 g/mol. The van der Waals surface area contributed by atoms with Crippen molar-refractivity contribution < 1.29 is 33.3 Å². The molecule has 2 heterocycles. The van der Waals surface area contributed by atoms with Gasteiger partial charge in [-0.05, 0) is 49.7 Å². The summed E-state index contributed by atoms with van der Waals surface area (Å²) in [6.07, 6.45) is 0.399. The Kier molecular flexibility index (Phi) is 6.44. The average molecular weight is 440 g/mol. The van der Waals surface area contributed by atoms with E-state index in [1.165, 1.54) is 6.92 Å². The van der Waals surface area contributed by atoms with Crippen LogP contribution in [0.1, 0.15) is 19.8 Å². The van der Waals surface area contributed by atoms with Crippen LogP contribution in [0.25, 0.3) is 0 Å². The Labute approximate surface area is 185 Å². The average Bonchev–Trinajstić information content (AvgIpc) is 3.23. The number of carbonyl (C=O) groups excluding carboxylic acids is 3.